The fourth-order valence-corrected chi connectivity index (χ4v) is 3.41. The number of fused-ring (bicyclic) bond motifs is 1. The summed E-state index contributed by atoms with van der Waals surface area (Å²) in [6.07, 6.45) is 1.82. The van der Waals surface area contributed by atoms with E-state index in [0.717, 1.165) is 29.8 Å². The minimum Gasteiger partial charge on any atom is -0.316 e. The second-order valence-electron chi connectivity index (χ2n) is 4.63. The Balaban J connectivity index is 1.87. The standard InChI is InChI=1S/C14H15NOS/c16-13(8-10-4-6-15-9-10)12-3-1-2-11-5-7-17-14(11)12/h1-3,5,7,10,15H,4,6,8-9H2. The summed E-state index contributed by atoms with van der Waals surface area (Å²) in [5.41, 5.74) is 0.907. The minimum absolute atomic E-state index is 0.298. The van der Waals surface area contributed by atoms with Gasteiger partial charge in [0, 0.05) is 16.7 Å². The van der Waals surface area contributed by atoms with E-state index in [-0.39, 0.29) is 0 Å². The van der Waals surface area contributed by atoms with Crippen molar-refractivity contribution in [1.29, 1.82) is 0 Å². The SMILES string of the molecule is O=C(CC1CCNC1)c1cccc2ccsc12. The molecule has 1 aromatic heterocycles. The number of thiophene rings is 1. The van der Waals surface area contributed by atoms with Crippen molar-refractivity contribution in [3.63, 3.8) is 0 Å². The topological polar surface area (TPSA) is 29.1 Å². The third kappa shape index (κ3) is 2.13. The van der Waals surface area contributed by atoms with Gasteiger partial charge in [0.1, 0.15) is 0 Å². The van der Waals surface area contributed by atoms with Gasteiger partial charge in [0.2, 0.25) is 0 Å². The molecule has 2 nitrogen and oxygen atoms in total. The molecule has 1 aromatic carbocycles. The number of carbonyl (C=O) groups excluding carboxylic acids is 1. The predicted octanol–water partition coefficient (Wildman–Crippen LogP) is 3.08. The first-order valence-corrected chi connectivity index (χ1v) is 6.93. The first-order valence-electron chi connectivity index (χ1n) is 6.05. The van der Waals surface area contributed by atoms with E-state index in [0.29, 0.717) is 18.1 Å². The third-order valence-electron chi connectivity index (χ3n) is 3.42. The highest BCUT2D eigenvalue weighted by Crippen LogP contribution is 2.27. The maximum Gasteiger partial charge on any atom is 0.164 e. The van der Waals surface area contributed by atoms with Crippen LogP contribution in [0, 0.1) is 5.92 Å². The molecular weight excluding hydrogens is 230 g/mol. The van der Waals surface area contributed by atoms with Gasteiger partial charge in [-0.05, 0) is 48.3 Å². The van der Waals surface area contributed by atoms with Gasteiger partial charge in [0.25, 0.3) is 0 Å². The molecule has 1 atom stereocenters. The Labute approximate surface area is 105 Å². The highest BCUT2D eigenvalue weighted by Gasteiger charge is 2.20. The van der Waals surface area contributed by atoms with E-state index < -0.39 is 0 Å². The van der Waals surface area contributed by atoms with Crippen LogP contribution in [0.3, 0.4) is 0 Å². The Hall–Kier alpha value is -1.19. The van der Waals surface area contributed by atoms with Crippen LogP contribution in [0.25, 0.3) is 10.1 Å². The summed E-state index contributed by atoms with van der Waals surface area (Å²) >= 11 is 1.66. The Kier molecular flexibility index (Phi) is 2.95. The van der Waals surface area contributed by atoms with Gasteiger partial charge in [-0.1, -0.05) is 12.1 Å². The molecule has 17 heavy (non-hydrogen) atoms. The molecular formula is C14H15NOS. The van der Waals surface area contributed by atoms with Crippen LogP contribution in [0.15, 0.2) is 29.6 Å². The summed E-state index contributed by atoms with van der Waals surface area (Å²) < 4.78 is 1.14. The molecule has 1 aliphatic heterocycles. The van der Waals surface area contributed by atoms with Crippen molar-refractivity contribution >= 4 is 27.2 Å². The van der Waals surface area contributed by atoms with Crippen LogP contribution in [0.2, 0.25) is 0 Å². The number of hydrogen-bond donors (Lipinski definition) is 1. The highest BCUT2D eigenvalue weighted by molar-refractivity contribution is 7.17. The van der Waals surface area contributed by atoms with Crippen molar-refractivity contribution in [2.24, 2.45) is 5.92 Å². The molecule has 1 unspecified atom stereocenters. The summed E-state index contributed by atoms with van der Waals surface area (Å²) in [6.45, 7) is 2.05. The molecule has 0 radical (unpaired) electrons. The molecule has 0 amide bonds. The molecule has 1 N–H and O–H groups in total. The Bertz CT molecular complexity index is 540. The molecule has 0 aliphatic carbocycles. The first kappa shape index (κ1) is 10.9. The van der Waals surface area contributed by atoms with Crippen molar-refractivity contribution < 1.29 is 4.79 Å². The number of rotatable bonds is 3. The van der Waals surface area contributed by atoms with Gasteiger partial charge in [-0.15, -0.1) is 11.3 Å². The van der Waals surface area contributed by atoms with Crippen LogP contribution in [0.1, 0.15) is 23.2 Å². The zero-order valence-corrected chi connectivity index (χ0v) is 10.4. The summed E-state index contributed by atoms with van der Waals surface area (Å²) in [7, 11) is 0. The van der Waals surface area contributed by atoms with Crippen molar-refractivity contribution in [1.82, 2.24) is 5.32 Å². The Morgan fingerprint density at radius 2 is 2.35 bits per heavy atom. The van der Waals surface area contributed by atoms with Gasteiger partial charge >= 0.3 is 0 Å². The number of nitrogens with one attached hydrogen (secondary N) is 1. The van der Waals surface area contributed by atoms with E-state index in [9.17, 15) is 4.79 Å². The van der Waals surface area contributed by atoms with Crippen molar-refractivity contribution in [3.05, 3.63) is 35.2 Å². The molecule has 1 saturated heterocycles. The molecule has 3 rings (SSSR count). The average molecular weight is 245 g/mol. The van der Waals surface area contributed by atoms with Crippen LogP contribution in [-0.2, 0) is 0 Å². The zero-order chi connectivity index (χ0) is 11.7. The largest absolute Gasteiger partial charge is 0.316 e. The summed E-state index contributed by atoms with van der Waals surface area (Å²) in [5.74, 6) is 0.824. The van der Waals surface area contributed by atoms with Crippen LogP contribution in [-0.4, -0.2) is 18.9 Å². The van der Waals surface area contributed by atoms with Crippen LogP contribution in [0.4, 0.5) is 0 Å². The molecule has 0 saturated carbocycles. The zero-order valence-electron chi connectivity index (χ0n) is 9.61. The van der Waals surface area contributed by atoms with Crippen molar-refractivity contribution in [3.8, 4) is 0 Å². The van der Waals surface area contributed by atoms with Crippen molar-refractivity contribution in [2.75, 3.05) is 13.1 Å². The lowest BCUT2D eigenvalue weighted by Crippen LogP contribution is -2.12. The smallest absolute Gasteiger partial charge is 0.164 e. The van der Waals surface area contributed by atoms with Gasteiger partial charge < -0.3 is 5.32 Å². The van der Waals surface area contributed by atoms with E-state index in [4.69, 9.17) is 0 Å². The second kappa shape index (κ2) is 4.59. The van der Waals surface area contributed by atoms with Gasteiger partial charge in [-0.2, -0.15) is 0 Å². The fraction of sp³-hybridized carbons (Fsp3) is 0.357. The summed E-state index contributed by atoms with van der Waals surface area (Å²) in [6, 6.07) is 8.09. The molecule has 1 aliphatic rings. The average Bonchev–Trinajstić information content (AvgIpc) is 2.97. The van der Waals surface area contributed by atoms with E-state index in [1.165, 1.54) is 5.39 Å². The lowest BCUT2D eigenvalue weighted by Gasteiger charge is -2.07. The van der Waals surface area contributed by atoms with Crippen molar-refractivity contribution in [2.45, 2.75) is 12.8 Å². The van der Waals surface area contributed by atoms with E-state index in [2.05, 4.69) is 22.8 Å². The van der Waals surface area contributed by atoms with Gasteiger partial charge in [0.15, 0.2) is 5.78 Å². The first-order chi connectivity index (χ1) is 8.34. The number of hydrogen-bond acceptors (Lipinski definition) is 3. The lowest BCUT2D eigenvalue weighted by molar-refractivity contribution is 0.0966. The monoisotopic (exact) mass is 245 g/mol. The number of Topliss-reactive ketones (excluding diaryl/α,β-unsaturated/α-hetero) is 1. The van der Waals surface area contributed by atoms with Gasteiger partial charge in [0.05, 0.1) is 0 Å². The van der Waals surface area contributed by atoms with Gasteiger partial charge in [-0.25, -0.2) is 0 Å². The van der Waals surface area contributed by atoms with Crippen LogP contribution < -0.4 is 5.32 Å². The van der Waals surface area contributed by atoms with Crippen LogP contribution >= 0.6 is 11.3 Å². The molecule has 0 spiro atoms. The second-order valence-corrected chi connectivity index (χ2v) is 5.55. The van der Waals surface area contributed by atoms with E-state index in [1.807, 2.05) is 12.1 Å². The minimum atomic E-state index is 0.298. The molecule has 0 bridgehead atoms. The normalized spacial score (nSPS) is 19.9. The quantitative estimate of drug-likeness (QED) is 0.842. The highest BCUT2D eigenvalue weighted by atomic mass is 32.1. The summed E-state index contributed by atoms with van der Waals surface area (Å²) in [4.78, 5) is 12.3. The maximum atomic E-state index is 12.3. The number of carbonyl (C=O) groups is 1. The van der Waals surface area contributed by atoms with E-state index in [1.54, 1.807) is 11.3 Å². The molecule has 1 fully saturated rings. The number of benzene rings is 1. The maximum absolute atomic E-state index is 12.3. The fourth-order valence-electron chi connectivity index (χ4n) is 2.47. The molecule has 2 aromatic rings. The number of ketones is 1. The van der Waals surface area contributed by atoms with Crippen LogP contribution in [0.5, 0.6) is 0 Å². The lowest BCUT2D eigenvalue weighted by atomic mass is 9.97. The molecule has 3 heteroatoms. The van der Waals surface area contributed by atoms with Gasteiger partial charge in [-0.3, -0.25) is 4.79 Å². The third-order valence-corrected chi connectivity index (χ3v) is 4.38. The molecule has 2 heterocycles. The summed E-state index contributed by atoms with van der Waals surface area (Å²) in [5, 5.41) is 6.55. The predicted molar refractivity (Wildman–Crippen MR) is 71.7 cm³/mol. The van der Waals surface area contributed by atoms with E-state index >= 15 is 0 Å². The molecule has 88 valence electrons. The Morgan fingerprint density at radius 3 is 3.18 bits per heavy atom. The Morgan fingerprint density at radius 1 is 1.41 bits per heavy atom.